The Balaban J connectivity index is 1.85. The van der Waals surface area contributed by atoms with Crippen LogP contribution in [0.1, 0.15) is 51.4 Å². The van der Waals surface area contributed by atoms with E-state index < -0.39 is 33.7 Å². The third kappa shape index (κ3) is 4.33. The lowest BCUT2D eigenvalue weighted by atomic mass is 9.76. The first-order valence-electron chi connectivity index (χ1n) is 9.29. The normalized spacial score (nSPS) is 15.3. The third-order valence-electron chi connectivity index (χ3n) is 4.83. The topological polar surface area (TPSA) is 107 Å². The average Bonchev–Trinajstić information content (AvgIpc) is 2.58. The molecule has 0 spiro atoms. The van der Waals surface area contributed by atoms with E-state index >= 15 is 0 Å². The van der Waals surface area contributed by atoms with E-state index in [-0.39, 0.29) is 0 Å². The molecule has 1 aliphatic rings. The molecule has 1 heterocycles. The monoisotopic (exact) mass is 402 g/mol. The summed E-state index contributed by atoms with van der Waals surface area (Å²) < 4.78 is 19.4. The second-order valence-corrected chi connectivity index (χ2v) is 8.23. The first kappa shape index (κ1) is 20.6. The quantitative estimate of drug-likeness (QED) is 0.600. The van der Waals surface area contributed by atoms with Gasteiger partial charge in [0.05, 0.1) is 4.92 Å². The number of hydrogen-bond acceptors (Lipinski definition) is 6. The van der Waals surface area contributed by atoms with Crippen molar-refractivity contribution in [1.82, 2.24) is 15.3 Å². The number of aromatic nitrogens is 2. The molecule has 0 atom stereocenters. The lowest BCUT2D eigenvalue weighted by Gasteiger charge is -2.41. The summed E-state index contributed by atoms with van der Waals surface area (Å²) in [5.41, 5.74) is -0.318. The standard InChI is InChI=1S/C20H23FN4O4/c1-12-8-16(25(27)28)15(21)9-14(12)13-10-22-17(23-11-13)20(6-5-7-20)24-18(26)29-19(2,3)4/h8-11H,5-7H2,1-4H3,(H,24,26). The second-order valence-electron chi connectivity index (χ2n) is 8.23. The highest BCUT2D eigenvalue weighted by Gasteiger charge is 2.43. The number of aryl methyl sites for hydroxylation is 1. The van der Waals surface area contributed by atoms with Crippen LogP contribution in [0.4, 0.5) is 14.9 Å². The summed E-state index contributed by atoms with van der Waals surface area (Å²) in [6, 6.07) is 2.31. The van der Waals surface area contributed by atoms with Crippen LogP contribution in [0.3, 0.4) is 0 Å². The van der Waals surface area contributed by atoms with E-state index in [1.54, 1.807) is 27.7 Å². The molecule has 1 N–H and O–H groups in total. The van der Waals surface area contributed by atoms with Crippen LogP contribution in [-0.2, 0) is 10.3 Å². The molecule has 154 valence electrons. The van der Waals surface area contributed by atoms with Gasteiger partial charge in [-0.2, -0.15) is 4.39 Å². The Kier molecular flexibility index (Phi) is 5.25. The van der Waals surface area contributed by atoms with Gasteiger partial charge in [0, 0.05) is 24.0 Å². The lowest BCUT2D eigenvalue weighted by Crippen LogP contribution is -2.53. The van der Waals surface area contributed by atoms with E-state index in [1.165, 1.54) is 18.5 Å². The smallest absolute Gasteiger partial charge is 0.408 e. The molecule has 0 unspecified atom stereocenters. The van der Waals surface area contributed by atoms with Crippen LogP contribution in [0, 0.1) is 22.9 Å². The highest BCUT2D eigenvalue weighted by Crippen LogP contribution is 2.40. The predicted octanol–water partition coefficient (Wildman–Crippen LogP) is 4.40. The van der Waals surface area contributed by atoms with Gasteiger partial charge in [0.2, 0.25) is 5.82 Å². The summed E-state index contributed by atoms with van der Waals surface area (Å²) in [5, 5.41) is 13.8. The van der Waals surface area contributed by atoms with Crippen LogP contribution in [0.15, 0.2) is 24.5 Å². The van der Waals surface area contributed by atoms with Gasteiger partial charge in [-0.3, -0.25) is 10.1 Å². The number of nitrogens with zero attached hydrogens (tertiary/aromatic N) is 3. The molecule has 1 aromatic heterocycles. The molecule has 8 nitrogen and oxygen atoms in total. The Labute approximate surface area is 167 Å². The second kappa shape index (κ2) is 7.38. The first-order chi connectivity index (χ1) is 13.5. The molecule has 0 bridgehead atoms. The maximum absolute atomic E-state index is 14.0. The molecule has 0 radical (unpaired) electrons. The van der Waals surface area contributed by atoms with Gasteiger partial charge in [-0.1, -0.05) is 0 Å². The number of nitro groups is 1. The molecular formula is C20H23FN4O4. The van der Waals surface area contributed by atoms with E-state index in [0.717, 1.165) is 12.5 Å². The summed E-state index contributed by atoms with van der Waals surface area (Å²) in [6.45, 7) is 7.03. The Hall–Kier alpha value is -3.10. The summed E-state index contributed by atoms with van der Waals surface area (Å²) in [4.78, 5) is 31.1. The molecule has 29 heavy (non-hydrogen) atoms. The highest BCUT2D eigenvalue weighted by atomic mass is 19.1. The Morgan fingerprint density at radius 1 is 1.28 bits per heavy atom. The Morgan fingerprint density at radius 2 is 1.90 bits per heavy atom. The first-order valence-corrected chi connectivity index (χ1v) is 9.29. The largest absolute Gasteiger partial charge is 0.444 e. The van der Waals surface area contributed by atoms with Crippen molar-refractivity contribution < 1.29 is 18.8 Å². The summed E-state index contributed by atoms with van der Waals surface area (Å²) in [6.07, 6.45) is 4.85. The molecule has 3 rings (SSSR count). The average molecular weight is 402 g/mol. The van der Waals surface area contributed by atoms with Gasteiger partial charge in [-0.15, -0.1) is 0 Å². The van der Waals surface area contributed by atoms with Gasteiger partial charge >= 0.3 is 11.8 Å². The number of benzene rings is 1. The zero-order valence-electron chi connectivity index (χ0n) is 16.8. The van der Waals surface area contributed by atoms with Crippen molar-refractivity contribution in [1.29, 1.82) is 0 Å². The number of nitrogens with one attached hydrogen (secondary N) is 1. The molecule has 9 heteroatoms. The van der Waals surface area contributed by atoms with Gasteiger partial charge < -0.3 is 10.1 Å². The van der Waals surface area contributed by atoms with Crippen molar-refractivity contribution in [2.24, 2.45) is 0 Å². The van der Waals surface area contributed by atoms with Crippen LogP contribution in [0.5, 0.6) is 0 Å². The number of carbonyl (C=O) groups excluding carboxylic acids is 1. The number of hydrogen-bond donors (Lipinski definition) is 1. The van der Waals surface area contributed by atoms with Gasteiger partial charge in [0.25, 0.3) is 0 Å². The molecule has 1 fully saturated rings. The number of nitro benzene ring substituents is 1. The lowest BCUT2D eigenvalue weighted by molar-refractivity contribution is -0.387. The van der Waals surface area contributed by atoms with E-state index in [2.05, 4.69) is 15.3 Å². The molecule has 1 aliphatic carbocycles. The van der Waals surface area contributed by atoms with Gasteiger partial charge in [-0.05, 0) is 64.2 Å². The fourth-order valence-corrected chi connectivity index (χ4v) is 3.27. The fraction of sp³-hybridized carbons (Fsp3) is 0.450. The maximum Gasteiger partial charge on any atom is 0.408 e. The maximum atomic E-state index is 14.0. The van der Waals surface area contributed by atoms with E-state index in [9.17, 15) is 19.3 Å². The van der Waals surface area contributed by atoms with Crippen LogP contribution >= 0.6 is 0 Å². The number of amides is 1. The van der Waals surface area contributed by atoms with Crippen molar-refractivity contribution in [3.63, 3.8) is 0 Å². The van der Waals surface area contributed by atoms with Crippen LogP contribution < -0.4 is 5.32 Å². The molecule has 1 aromatic carbocycles. The van der Waals surface area contributed by atoms with Crippen molar-refractivity contribution in [3.05, 3.63) is 51.8 Å². The molecule has 2 aromatic rings. The third-order valence-corrected chi connectivity index (χ3v) is 4.83. The molecule has 0 aliphatic heterocycles. The molecule has 1 amide bonds. The minimum absolute atomic E-state index is 0.457. The number of rotatable bonds is 4. The van der Waals surface area contributed by atoms with Gasteiger partial charge in [0.1, 0.15) is 11.1 Å². The minimum atomic E-state index is -0.915. The Morgan fingerprint density at radius 3 is 2.38 bits per heavy atom. The zero-order chi connectivity index (χ0) is 21.4. The molecule has 1 saturated carbocycles. The van der Waals surface area contributed by atoms with Crippen LogP contribution in [0.2, 0.25) is 0 Å². The zero-order valence-corrected chi connectivity index (χ0v) is 16.8. The number of alkyl carbamates (subject to hydrolysis) is 1. The molecule has 0 saturated heterocycles. The van der Waals surface area contributed by atoms with Gasteiger partial charge in [-0.25, -0.2) is 14.8 Å². The fourth-order valence-electron chi connectivity index (χ4n) is 3.27. The van der Waals surface area contributed by atoms with Crippen molar-refractivity contribution >= 4 is 11.8 Å². The SMILES string of the molecule is Cc1cc([N+](=O)[O-])c(F)cc1-c1cnc(C2(NC(=O)OC(C)(C)C)CCC2)nc1. The van der Waals surface area contributed by atoms with E-state index in [1.807, 2.05) is 0 Å². The minimum Gasteiger partial charge on any atom is -0.444 e. The number of ether oxygens (including phenoxy) is 1. The Bertz CT molecular complexity index is 950. The van der Waals surface area contributed by atoms with Crippen molar-refractivity contribution in [2.75, 3.05) is 0 Å². The summed E-state index contributed by atoms with van der Waals surface area (Å²) >= 11 is 0. The predicted molar refractivity (Wildman–Crippen MR) is 104 cm³/mol. The molecular weight excluding hydrogens is 379 g/mol. The highest BCUT2D eigenvalue weighted by molar-refractivity contribution is 5.70. The van der Waals surface area contributed by atoms with Crippen molar-refractivity contribution in [2.45, 2.75) is 58.1 Å². The van der Waals surface area contributed by atoms with Crippen LogP contribution in [-0.4, -0.2) is 26.6 Å². The number of carbonyl (C=O) groups is 1. The van der Waals surface area contributed by atoms with Crippen LogP contribution in [0.25, 0.3) is 11.1 Å². The van der Waals surface area contributed by atoms with E-state index in [0.29, 0.717) is 35.4 Å². The number of halogens is 1. The van der Waals surface area contributed by atoms with Gasteiger partial charge in [0.15, 0.2) is 5.82 Å². The summed E-state index contributed by atoms with van der Waals surface area (Å²) in [7, 11) is 0. The van der Waals surface area contributed by atoms with E-state index in [4.69, 9.17) is 4.74 Å². The van der Waals surface area contributed by atoms with Crippen molar-refractivity contribution in [3.8, 4) is 11.1 Å². The summed E-state index contributed by atoms with van der Waals surface area (Å²) in [5.74, 6) is -0.458.